The molecule has 5 heteroatoms. The van der Waals surface area contributed by atoms with Crippen LogP contribution in [-0.2, 0) is 11.3 Å². The van der Waals surface area contributed by atoms with Gasteiger partial charge in [0, 0.05) is 45.1 Å². The molecule has 0 saturated heterocycles. The number of hydrogen-bond acceptors (Lipinski definition) is 3. The van der Waals surface area contributed by atoms with Gasteiger partial charge in [0.15, 0.2) is 5.96 Å². The first-order valence-corrected chi connectivity index (χ1v) is 9.78. The number of rotatable bonds is 10. The van der Waals surface area contributed by atoms with Crippen LogP contribution in [0.1, 0.15) is 32.8 Å². The quantitative estimate of drug-likeness (QED) is 0.292. The van der Waals surface area contributed by atoms with Crippen LogP contribution in [0.5, 0.6) is 0 Å². The van der Waals surface area contributed by atoms with Gasteiger partial charge in [-0.25, -0.2) is 4.99 Å². The molecule has 1 aromatic carbocycles. The van der Waals surface area contributed by atoms with E-state index in [9.17, 15) is 0 Å². The van der Waals surface area contributed by atoms with Crippen molar-refractivity contribution >= 4 is 11.6 Å². The third kappa shape index (κ3) is 7.48. The Morgan fingerprint density at radius 2 is 2.04 bits per heavy atom. The van der Waals surface area contributed by atoms with Gasteiger partial charge in [-0.1, -0.05) is 38.1 Å². The Kier molecular flexibility index (Phi) is 9.04. The topological polar surface area (TPSA) is 48.9 Å². The third-order valence-electron chi connectivity index (χ3n) is 4.07. The Morgan fingerprint density at radius 1 is 1.23 bits per heavy atom. The Bertz CT molecular complexity index is 575. The average molecular weight is 359 g/mol. The molecular formula is C21H34N4O. The fraction of sp³-hybridized carbons (Fsp3) is 0.571. The fourth-order valence-electron chi connectivity index (χ4n) is 2.75. The Morgan fingerprint density at radius 3 is 2.77 bits per heavy atom. The van der Waals surface area contributed by atoms with E-state index in [4.69, 9.17) is 9.73 Å². The van der Waals surface area contributed by atoms with Crippen molar-refractivity contribution in [2.75, 3.05) is 44.3 Å². The van der Waals surface area contributed by atoms with Crippen LogP contribution >= 0.6 is 0 Å². The smallest absolute Gasteiger partial charge is 0.191 e. The summed E-state index contributed by atoms with van der Waals surface area (Å²) in [5.74, 6) is 1.46. The maximum absolute atomic E-state index is 5.62. The monoisotopic (exact) mass is 358 g/mol. The van der Waals surface area contributed by atoms with Crippen molar-refractivity contribution in [3.63, 3.8) is 0 Å². The number of anilines is 1. The van der Waals surface area contributed by atoms with Gasteiger partial charge in [0.25, 0.3) is 0 Å². The molecule has 0 unspecified atom stereocenters. The largest absolute Gasteiger partial charge is 0.381 e. The summed E-state index contributed by atoms with van der Waals surface area (Å²) >= 11 is 0. The first-order valence-electron chi connectivity index (χ1n) is 9.78. The van der Waals surface area contributed by atoms with Gasteiger partial charge in [0.1, 0.15) is 0 Å². The van der Waals surface area contributed by atoms with E-state index in [2.05, 4.69) is 72.7 Å². The summed E-state index contributed by atoms with van der Waals surface area (Å²) < 4.78 is 5.62. The normalized spacial score (nSPS) is 14.3. The Hall–Kier alpha value is -2.01. The van der Waals surface area contributed by atoms with Crippen molar-refractivity contribution < 1.29 is 4.74 Å². The molecule has 0 amide bonds. The van der Waals surface area contributed by atoms with Gasteiger partial charge >= 0.3 is 0 Å². The minimum atomic E-state index is 0.592. The van der Waals surface area contributed by atoms with E-state index in [1.807, 2.05) is 0 Å². The summed E-state index contributed by atoms with van der Waals surface area (Å²) in [5.41, 5.74) is 2.50. The van der Waals surface area contributed by atoms with Crippen LogP contribution in [0.4, 0.5) is 5.69 Å². The van der Waals surface area contributed by atoms with Crippen molar-refractivity contribution in [2.24, 2.45) is 10.9 Å². The van der Waals surface area contributed by atoms with Crippen molar-refractivity contribution in [1.82, 2.24) is 10.6 Å². The van der Waals surface area contributed by atoms with E-state index in [1.54, 1.807) is 0 Å². The highest BCUT2D eigenvalue weighted by molar-refractivity contribution is 5.79. The molecule has 0 radical (unpaired) electrons. The SMILES string of the molecule is CCNC(=NCc1cccc(N2CC=CC2)c1)NCCCOCC(C)C. The van der Waals surface area contributed by atoms with E-state index in [0.29, 0.717) is 12.5 Å². The summed E-state index contributed by atoms with van der Waals surface area (Å²) in [4.78, 5) is 7.07. The van der Waals surface area contributed by atoms with E-state index in [-0.39, 0.29) is 0 Å². The number of guanidine groups is 1. The van der Waals surface area contributed by atoms with Crippen molar-refractivity contribution in [2.45, 2.75) is 33.7 Å². The molecular weight excluding hydrogens is 324 g/mol. The molecule has 2 N–H and O–H groups in total. The van der Waals surface area contributed by atoms with Gasteiger partial charge in [-0.3, -0.25) is 0 Å². The lowest BCUT2D eigenvalue weighted by Crippen LogP contribution is -2.38. The Balaban J connectivity index is 1.79. The second-order valence-corrected chi connectivity index (χ2v) is 6.99. The molecule has 0 fully saturated rings. The molecule has 1 aromatic rings. The molecule has 0 spiro atoms. The molecule has 5 nitrogen and oxygen atoms in total. The lowest BCUT2D eigenvalue weighted by Gasteiger charge is -2.18. The maximum Gasteiger partial charge on any atom is 0.191 e. The molecule has 0 aromatic heterocycles. The zero-order chi connectivity index (χ0) is 18.6. The highest BCUT2D eigenvalue weighted by Crippen LogP contribution is 2.18. The summed E-state index contributed by atoms with van der Waals surface area (Å²) in [5, 5.41) is 6.70. The number of hydrogen-bond donors (Lipinski definition) is 2. The molecule has 26 heavy (non-hydrogen) atoms. The number of aliphatic imine (C=N–C) groups is 1. The zero-order valence-electron chi connectivity index (χ0n) is 16.5. The van der Waals surface area contributed by atoms with Crippen LogP contribution in [0, 0.1) is 5.92 Å². The predicted octanol–water partition coefficient (Wildman–Crippen LogP) is 3.18. The minimum absolute atomic E-state index is 0.592. The highest BCUT2D eigenvalue weighted by atomic mass is 16.5. The van der Waals surface area contributed by atoms with Gasteiger partial charge in [-0.05, 0) is 37.0 Å². The number of ether oxygens (including phenoxy) is 1. The van der Waals surface area contributed by atoms with Gasteiger partial charge in [-0.2, -0.15) is 0 Å². The van der Waals surface area contributed by atoms with Crippen LogP contribution in [-0.4, -0.2) is 45.4 Å². The second-order valence-electron chi connectivity index (χ2n) is 6.99. The molecule has 0 aliphatic carbocycles. The van der Waals surface area contributed by atoms with E-state index in [1.165, 1.54) is 11.3 Å². The molecule has 2 rings (SSSR count). The molecule has 1 heterocycles. The minimum Gasteiger partial charge on any atom is -0.381 e. The van der Waals surface area contributed by atoms with E-state index < -0.39 is 0 Å². The van der Waals surface area contributed by atoms with E-state index >= 15 is 0 Å². The molecule has 144 valence electrons. The third-order valence-corrected chi connectivity index (χ3v) is 4.07. The van der Waals surface area contributed by atoms with Crippen LogP contribution < -0.4 is 15.5 Å². The number of benzene rings is 1. The van der Waals surface area contributed by atoms with E-state index in [0.717, 1.165) is 51.8 Å². The first-order chi connectivity index (χ1) is 12.7. The average Bonchev–Trinajstić information content (AvgIpc) is 3.17. The van der Waals surface area contributed by atoms with Gasteiger partial charge < -0.3 is 20.3 Å². The lowest BCUT2D eigenvalue weighted by atomic mass is 10.2. The van der Waals surface area contributed by atoms with Crippen molar-refractivity contribution in [3.8, 4) is 0 Å². The van der Waals surface area contributed by atoms with Crippen LogP contribution in [0.25, 0.3) is 0 Å². The summed E-state index contributed by atoms with van der Waals surface area (Å²) in [7, 11) is 0. The molecule has 0 bridgehead atoms. The number of nitrogens with one attached hydrogen (secondary N) is 2. The van der Waals surface area contributed by atoms with Crippen LogP contribution in [0.2, 0.25) is 0 Å². The fourth-order valence-corrected chi connectivity index (χ4v) is 2.75. The zero-order valence-corrected chi connectivity index (χ0v) is 16.5. The summed E-state index contributed by atoms with van der Waals surface area (Å²) in [6.07, 6.45) is 5.40. The molecule has 0 atom stereocenters. The van der Waals surface area contributed by atoms with Crippen LogP contribution in [0.3, 0.4) is 0 Å². The van der Waals surface area contributed by atoms with Gasteiger partial charge in [0.05, 0.1) is 6.54 Å². The molecule has 1 aliphatic rings. The lowest BCUT2D eigenvalue weighted by molar-refractivity contribution is 0.108. The van der Waals surface area contributed by atoms with Crippen molar-refractivity contribution in [3.05, 3.63) is 42.0 Å². The predicted molar refractivity (Wildman–Crippen MR) is 111 cm³/mol. The summed E-state index contributed by atoms with van der Waals surface area (Å²) in [6.45, 7) is 12.4. The molecule has 1 aliphatic heterocycles. The standard InChI is InChI=1S/C21H34N4O/c1-4-22-21(23-11-8-14-26-17-18(2)3)24-16-19-9-7-10-20(15-19)25-12-5-6-13-25/h5-7,9-10,15,18H,4,8,11-14,16-17H2,1-3H3,(H2,22,23,24). The number of nitrogens with zero attached hydrogens (tertiary/aromatic N) is 2. The van der Waals surface area contributed by atoms with Crippen molar-refractivity contribution in [1.29, 1.82) is 0 Å². The highest BCUT2D eigenvalue weighted by Gasteiger charge is 2.07. The Labute approximate surface area is 158 Å². The van der Waals surface area contributed by atoms with Crippen LogP contribution in [0.15, 0.2) is 41.4 Å². The van der Waals surface area contributed by atoms with Gasteiger partial charge in [-0.15, -0.1) is 0 Å². The first kappa shape index (κ1) is 20.3. The molecule has 0 saturated carbocycles. The summed E-state index contributed by atoms with van der Waals surface area (Å²) in [6, 6.07) is 8.66. The van der Waals surface area contributed by atoms with Gasteiger partial charge in [0.2, 0.25) is 0 Å². The second kappa shape index (κ2) is 11.6. The maximum atomic E-state index is 5.62.